The van der Waals surface area contributed by atoms with Crippen molar-refractivity contribution in [3.8, 4) is 17.4 Å². The molecule has 1 aromatic carbocycles. The molecule has 0 spiro atoms. The highest BCUT2D eigenvalue weighted by Gasteiger charge is 2.05. The van der Waals surface area contributed by atoms with Gasteiger partial charge in [-0.05, 0) is 60.9 Å². The molecule has 0 radical (unpaired) electrons. The van der Waals surface area contributed by atoms with E-state index in [1.165, 1.54) is 0 Å². The molecule has 0 aliphatic heterocycles. The Morgan fingerprint density at radius 1 is 1.19 bits per heavy atom. The van der Waals surface area contributed by atoms with E-state index in [4.69, 9.17) is 9.47 Å². The first-order valence-electron chi connectivity index (χ1n) is 9.27. The number of nitrogens with one attached hydrogen (secondary N) is 1. The van der Waals surface area contributed by atoms with Crippen molar-refractivity contribution >= 4 is 17.7 Å². The van der Waals surface area contributed by atoms with E-state index in [1.807, 2.05) is 43.3 Å². The summed E-state index contributed by atoms with van der Waals surface area (Å²) in [4.78, 5) is 16.2. The summed E-state index contributed by atoms with van der Waals surface area (Å²) in [6.07, 6.45) is 2.82. The summed E-state index contributed by atoms with van der Waals surface area (Å²) in [6.45, 7) is 7.43. The third-order valence-electron chi connectivity index (χ3n) is 3.72. The lowest BCUT2D eigenvalue weighted by Crippen LogP contribution is -2.24. The number of rotatable bonds is 11. The summed E-state index contributed by atoms with van der Waals surface area (Å²) in [5.74, 6) is 4.22. The first-order chi connectivity index (χ1) is 13.1. The van der Waals surface area contributed by atoms with E-state index in [-0.39, 0.29) is 5.91 Å². The van der Waals surface area contributed by atoms with Gasteiger partial charge in [-0.1, -0.05) is 13.8 Å². The van der Waals surface area contributed by atoms with Crippen LogP contribution in [0.25, 0.3) is 0 Å². The van der Waals surface area contributed by atoms with E-state index < -0.39 is 0 Å². The Labute approximate surface area is 165 Å². The van der Waals surface area contributed by atoms with Crippen LogP contribution in [0.5, 0.6) is 17.4 Å². The van der Waals surface area contributed by atoms with Crippen molar-refractivity contribution < 1.29 is 14.3 Å². The molecule has 1 N–H and O–H groups in total. The van der Waals surface area contributed by atoms with Gasteiger partial charge in [0, 0.05) is 18.8 Å². The van der Waals surface area contributed by atoms with Crippen LogP contribution >= 0.6 is 11.8 Å². The molecule has 0 atom stereocenters. The molecule has 5 nitrogen and oxygen atoms in total. The van der Waals surface area contributed by atoms with E-state index in [2.05, 4.69) is 24.1 Å². The quantitative estimate of drug-likeness (QED) is 0.567. The molecule has 0 saturated carbocycles. The van der Waals surface area contributed by atoms with Crippen LogP contribution in [-0.4, -0.2) is 29.0 Å². The fourth-order valence-electron chi connectivity index (χ4n) is 2.24. The van der Waals surface area contributed by atoms with E-state index in [0.717, 1.165) is 23.5 Å². The van der Waals surface area contributed by atoms with Crippen LogP contribution in [-0.2, 0) is 11.3 Å². The van der Waals surface area contributed by atoms with Crippen molar-refractivity contribution in [3.05, 3.63) is 48.2 Å². The van der Waals surface area contributed by atoms with Gasteiger partial charge in [0.15, 0.2) is 0 Å². The Balaban J connectivity index is 1.79. The molecule has 6 heteroatoms. The second kappa shape index (κ2) is 11.5. The highest BCUT2D eigenvalue weighted by Crippen LogP contribution is 2.23. The normalized spacial score (nSPS) is 10.7. The second-order valence-corrected chi connectivity index (χ2v) is 7.63. The van der Waals surface area contributed by atoms with Crippen molar-refractivity contribution in [2.75, 3.05) is 18.1 Å². The second-order valence-electron chi connectivity index (χ2n) is 6.52. The zero-order valence-corrected chi connectivity index (χ0v) is 17.1. The van der Waals surface area contributed by atoms with E-state index in [0.29, 0.717) is 36.5 Å². The zero-order chi connectivity index (χ0) is 19.5. The molecule has 0 aliphatic rings. The fourth-order valence-corrected chi connectivity index (χ4v) is 3.31. The molecule has 0 unspecified atom stereocenters. The van der Waals surface area contributed by atoms with Gasteiger partial charge in [0.2, 0.25) is 11.8 Å². The number of carbonyl (C=O) groups is 1. The number of ether oxygens (including phenoxy) is 2. The Kier molecular flexibility index (Phi) is 8.98. The van der Waals surface area contributed by atoms with Crippen molar-refractivity contribution in [3.63, 3.8) is 0 Å². The Morgan fingerprint density at radius 2 is 1.93 bits per heavy atom. The molecule has 146 valence electrons. The van der Waals surface area contributed by atoms with E-state index in [9.17, 15) is 4.79 Å². The number of carbonyl (C=O) groups excluding carboxylic acids is 1. The third-order valence-corrected chi connectivity index (χ3v) is 4.71. The Bertz CT molecular complexity index is 705. The topological polar surface area (TPSA) is 60.5 Å². The number of benzene rings is 1. The van der Waals surface area contributed by atoms with Gasteiger partial charge in [0.05, 0.1) is 12.4 Å². The average molecular weight is 389 g/mol. The lowest BCUT2D eigenvalue weighted by atomic mass is 10.2. The summed E-state index contributed by atoms with van der Waals surface area (Å²) in [5, 5.41) is 2.94. The highest BCUT2D eigenvalue weighted by molar-refractivity contribution is 7.99. The van der Waals surface area contributed by atoms with Crippen LogP contribution in [0.2, 0.25) is 0 Å². The maximum atomic E-state index is 11.9. The predicted octanol–water partition coefficient (Wildman–Crippen LogP) is 4.67. The van der Waals surface area contributed by atoms with Gasteiger partial charge in [-0.25, -0.2) is 4.98 Å². The SMILES string of the molecule is CCOc1ccc(Oc2cc(CNC(=O)CSCCC(C)C)ccn2)cc1. The molecule has 1 aromatic heterocycles. The summed E-state index contributed by atoms with van der Waals surface area (Å²) < 4.78 is 11.2. The number of amides is 1. The summed E-state index contributed by atoms with van der Waals surface area (Å²) in [6, 6.07) is 11.1. The van der Waals surface area contributed by atoms with Gasteiger partial charge in [-0.2, -0.15) is 11.8 Å². The summed E-state index contributed by atoms with van der Waals surface area (Å²) >= 11 is 1.67. The molecule has 0 saturated heterocycles. The maximum Gasteiger partial charge on any atom is 0.230 e. The van der Waals surface area contributed by atoms with E-state index >= 15 is 0 Å². The molecule has 1 heterocycles. The number of hydrogen-bond acceptors (Lipinski definition) is 5. The largest absolute Gasteiger partial charge is 0.494 e. The lowest BCUT2D eigenvalue weighted by Gasteiger charge is -2.09. The molecule has 2 rings (SSSR count). The van der Waals surface area contributed by atoms with Gasteiger partial charge in [-0.15, -0.1) is 0 Å². The van der Waals surface area contributed by atoms with Crippen LogP contribution in [0.1, 0.15) is 32.8 Å². The Hall–Kier alpha value is -2.21. The zero-order valence-electron chi connectivity index (χ0n) is 16.2. The minimum atomic E-state index is 0.0505. The van der Waals surface area contributed by atoms with Gasteiger partial charge in [-0.3, -0.25) is 4.79 Å². The number of aromatic nitrogens is 1. The van der Waals surface area contributed by atoms with E-state index in [1.54, 1.807) is 18.0 Å². The summed E-state index contributed by atoms with van der Waals surface area (Å²) in [5.41, 5.74) is 0.950. The molecule has 1 amide bonds. The number of thioether (sulfide) groups is 1. The first kappa shape index (κ1) is 21.1. The van der Waals surface area contributed by atoms with Crippen LogP contribution in [0, 0.1) is 5.92 Å². The molecule has 2 aromatic rings. The maximum absolute atomic E-state index is 11.9. The molecular formula is C21H28N2O3S. The van der Waals surface area contributed by atoms with Gasteiger partial charge in [0.1, 0.15) is 11.5 Å². The van der Waals surface area contributed by atoms with Gasteiger partial charge in [0.25, 0.3) is 0 Å². The van der Waals surface area contributed by atoms with Gasteiger partial charge < -0.3 is 14.8 Å². The monoisotopic (exact) mass is 388 g/mol. The minimum absolute atomic E-state index is 0.0505. The number of hydrogen-bond donors (Lipinski definition) is 1. The standard InChI is InChI=1S/C21H28N2O3S/c1-4-25-18-5-7-19(8-6-18)26-21-13-17(9-11-22-21)14-23-20(24)15-27-12-10-16(2)3/h5-9,11,13,16H,4,10,12,14-15H2,1-3H3,(H,23,24). The fraction of sp³-hybridized carbons (Fsp3) is 0.429. The van der Waals surface area contributed by atoms with Crippen molar-refractivity contribution in [2.45, 2.75) is 33.7 Å². The van der Waals surface area contributed by atoms with Crippen LogP contribution in [0.3, 0.4) is 0 Å². The predicted molar refractivity (Wildman–Crippen MR) is 111 cm³/mol. The van der Waals surface area contributed by atoms with Gasteiger partial charge >= 0.3 is 0 Å². The number of pyridine rings is 1. The molecular weight excluding hydrogens is 360 g/mol. The Morgan fingerprint density at radius 3 is 2.63 bits per heavy atom. The van der Waals surface area contributed by atoms with Crippen LogP contribution in [0.4, 0.5) is 0 Å². The van der Waals surface area contributed by atoms with Crippen LogP contribution in [0.15, 0.2) is 42.6 Å². The molecule has 27 heavy (non-hydrogen) atoms. The molecule has 0 bridgehead atoms. The summed E-state index contributed by atoms with van der Waals surface area (Å²) in [7, 11) is 0. The highest BCUT2D eigenvalue weighted by atomic mass is 32.2. The van der Waals surface area contributed by atoms with Crippen molar-refractivity contribution in [2.24, 2.45) is 5.92 Å². The third kappa shape index (κ3) is 8.35. The lowest BCUT2D eigenvalue weighted by molar-refractivity contribution is -0.118. The minimum Gasteiger partial charge on any atom is -0.494 e. The molecule has 0 fully saturated rings. The first-order valence-corrected chi connectivity index (χ1v) is 10.4. The molecule has 0 aliphatic carbocycles. The van der Waals surface area contributed by atoms with Crippen LogP contribution < -0.4 is 14.8 Å². The van der Waals surface area contributed by atoms with Crippen molar-refractivity contribution in [1.82, 2.24) is 10.3 Å². The number of nitrogens with zero attached hydrogens (tertiary/aromatic N) is 1. The van der Waals surface area contributed by atoms with Crippen molar-refractivity contribution in [1.29, 1.82) is 0 Å². The average Bonchev–Trinajstić information content (AvgIpc) is 2.66. The smallest absolute Gasteiger partial charge is 0.230 e.